The zero-order valence-electron chi connectivity index (χ0n) is 14.4. The number of aromatic nitrogens is 1. The van der Waals surface area contributed by atoms with E-state index in [2.05, 4.69) is 22.2 Å². The van der Waals surface area contributed by atoms with Crippen molar-refractivity contribution in [3.63, 3.8) is 0 Å². The van der Waals surface area contributed by atoms with Gasteiger partial charge in [-0.15, -0.1) is 0 Å². The van der Waals surface area contributed by atoms with Crippen LogP contribution >= 0.6 is 0 Å². The van der Waals surface area contributed by atoms with Crippen molar-refractivity contribution in [3.8, 4) is 0 Å². The number of nitrogens with one attached hydrogen (secondary N) is 1. The third-order valence-electron chi connectivity index (χ3n) is 4.67. The van der Waals surface area contributed by atoms with Crippen molar-refractivity contribution >= 4 is 11.8 Å². The summed E-state index contributed by atoms with van der Waals surface area (Å²) in [5, 5.41) is 2.90. The number of urea groups is 1. The Bertz CT molecular complexity index is 684. The summed E-state index contributed by atoms with van der Waals surface area (Å²) in [5.74, 6) is 0.691. The van der Waals surface area contributed by atoms with Gasteiger partial charge >= 0.3 is 6.03 Å². The standard InChI is InChI=1S/C19H23FN4O/c1-23(18-4-2-3-11-21-18)17-9-12-24(13-10-17)19(25)22-14-15-5-7-16(20)8-6-15/h2-8,11,17H,9-10,12-14H2,1H3,(H,22,25). The van der Waals surface area contributed by atoms with Crippen LogP contribution in [0, 0.1) is 5.82 Å². The Balaban J connectivity index is 1.46. The number of halogens is 1. The van der Waals surface area contributed by atoms with Gasteiger partial charge in [0.1, 0.15) is 11.6 Å². The molecule has 0 saturated carbocycles. The number of piperidine rings is 1. The lowest BCUT2D eigenvalue weighted by molar-refractivity contribution is 0.180. The van der Waals surface area contributed by atoms with Gasteiger partial charge in [-0.3, -0.25) is 0 Å². The van der Waals surface area contributed by atoms with Crippen molar-refractivity contribution in [1.29, 1.82) is 0 Å². The topological polar surface area (TPSA) is 48.5 Å². The van der Waals surface area contributed by atoms with Gasteiger partial charge in [-0.05, 0) is 42.7 Å². The summed E-state index contributed by atoms with van der Waals surface area (Å²) in [4.78, 5) is 20.7. The smallest absolute Gasteiger partial charge is 0.317 e. The molecule has 0 radical (unpaired) electrons. The molecule has 1 aromatic heterocycles. The Morgan fingerprint density at radius 2 is 1.96 bits per heavy atom. The zero-order chi connectivity index (χ0) is 17.6. The van der Waals surface area contributed by atoms with E-state index in [1.165, 1.54) is 12.1 Å². The molecule has 5 nitrogen and oxygen atoms in total. The highest BCUT2D eigenvalue weighted by molar-refractivity contribution is 5.74. The summed E-state index contributed by atoms with van der Waals surface area (Å²) in [5.41, 5.74) is 0.888. The fourth-order valence-electron chi connectivity index (χ4n) is 3.10. The van der Waals surface area contributed by atoms with Crippen LogP contribution < -0.4 is 10.2 Å². The quantitative estimate of drug-likeness (QED) is 0.929. The van der Waals surface area contributed by atoms with Gasteiger partial charge in [0.15, 0.2) is 0 Å². The Labute approximate surface area is 147 Å². The van der Waals surface area contributed by atoms with Crippen LogP contribution in [0.2, 0.25) is 0 Å². The third kappa shape index (κ3) is 4.47. The van der Waals surface area contributed by atoms with Gasteiger partial charge in [-0.25, -0.2) is 14.2 Å². The predicted molar refractivity (Wildman–Crippen MR) is 95.9 cm³/mol. The number of benzene rings is 1. The number of nitrogens with zero attached hydrogens (tertiary/aromatic N) is 3. The van der Waals surface area contributed by atoms with Gasteiger partial charge in [-0.2, -0.15) is 0 Å². The van der Waals surface area contributed by atoms with Crippen LogP contribution in [-0.2, 0) is 6.54 Å². The Morgan fingerprint density at radius 3 is 2.60 bits per heavy atom. The minimum Gasteiger partial charge on any atom is -0.357 e. The number of anilines is 1. The maximum Gasteiger partial charge on any atom is 0.317 e. The van der Waals surface area contributed by atoms with E-state index in [9.17, 15) is 9.18 Å². The molecule has 3 rings (SSSR count). The van der Waals surface area contributed by atoms with Crippen molar-refractivity contribution in [2.75, 3.05) is 25.0 Å². The van der Waals surface area contributed by atoms with Gasteiger partial charge < -0.3 is 15.1 Å². The molecule has 132 valence electrons. The van der Waals surface area contributed by atoms with Gasteiger partial charge in [-0.1, -0.05) is 18.2 Å². The molecule has 0 aliphatic carbocycles. The van der Waals surface area contributed by atoms with E-state index in [4.69, 9.17) is 0 Å². The molecule has 0 atom stereocenters. The molecule has 0 bridgehead atoms. The molecule has 2 aromatic rings. The van der Waals surface area contributed by atoms with E-state index in [-0.39, 0.29) is 11.8 Å². The van der Waals surface area contributed by atoms with Crippen LogP contribution in [0.3, 0.4) is 0 Å². The molecule has 1 aromatic carbocycles. The van der Waals surface area contributed by atoms with Gasteiger partial charge in [0.05, 0.1) is 0 Å². The Morgan fingerprint density at radius 1 is 1.24 bits per heavy atom. The first-order valence-corrected chi connectivity index (χ1v) is 8.54. The minimum absolute atomic E-state index is 0.0664. The van der Waals surface area contributed by atoms with E-state index in [0.717, 1.165) is 37.3 Å². The molecule has 0 spiro atoms. The van der Waals surface area contributed by atoms with Crippen molar-refractivity contribution in [3.05, 3.63) is 60.0 Å². The molecule has 0 unspecified atom stereocenters. The molecule has 1 N–H and O–H groups in total. The lowest BCUT2D eigenvalue weighted by Crippen LogP contribution is -2.48. The maximum atomic E-state index is 12.9. The van der Waals surface area contributed by atoms with Crippen LogP contribution in [0.4, 0.5) is 15.0 Å². The zero-order valence-corrected chi connectivity index (χ0v) is 14.4. The lowest BCUT2D eigenvalue weighted by Gasteiger charge is -2.37. The third-order valence-corrected chi connectivity index (χ3v) is 4.67. The first kappa shape index (κ1) is 17.2. The molecule has 1 aliphatic heterocycles. The van der Waals surface area contributed by atoms with E-state index in [0.29, 0.717) is 12.6 Å². The average molecular weight is 342 g/mol. The second-order valence-electron chi connectivity index (χ2n) is 6.30. The molecular formula is C19H23FN4O. The Hall–Kier alpha value is -2.63. The molecular weight excluding hydrogens is 319 g/mol. The lowest BCUT2D eigenvalue weighted by atomic mass is 10.0. The number of amides is 2. The van der Waals surface area contributed by atoms with E-state index >= 15 is 0 Å². The summed E-state index contributed by atoms with van der Waals surface area (Å²) in [6.07, 6.45) is 3.62. The SMILES string of the molecule is CN(c1ccccn1)C1CCN(C(=O)NCc2ccc(F)cc2)CC1. The fourth-order valence-corrected chi connectivity index (χ4v) is 3.10. The van der Waals surface area contributed by atoms with Gasteiger partial charge in [0, 0.05) is 38.9 Å². The van der Waals surface area contributed by atoms with Crippen LogP contribution in [-0.4, -0.2) is 42.1 Å². The second-order valence-corrected chi connectivity index (χ2v) is 6.30. The summed E-state index contributed by atoms with van der Waals surface area (Å²) in [7, 11) is 2.05. The predicted octanol–water partition coefficient (Wildman–Crippen LogP) is 3.03. The fraction of sp³-hybridized carbons (Fsp3) is 0.368. The molecule has 1 fully saturated rings. The largest absolute Gasteiger partial charge is 0.357 e. The number of hydrogen-bond acceptors (Lipinski definition) is 3. The van der Waals surface area contributed by atoms with Crippen molar-refractivity contribution in [2.45, 2.75) is 25.4 Å². The van der Waals surface area contributed by atoms with Crippen LogP contribution in [0.1, 0.15) is 18.4 Å². The van der Waals surface area contributed by atoms with Gasteiger partial charge in [0.2, 0.25) is 0 Å². The van der Waals surface area contributed by atoms with E-state index in [1.807, 2.05) is 23.1 Å². The maximum absolute atomic E-state index is 12.9. The summed E-state index contributed by atoms with van der Waals surface area (Å²) in [6.45, 7) is 1.85. The Kier molecular flexibility index (Phi) is 5.48. The number of rotatable bonds is 4. The number of carbonyl (C=O) groups excluding carboxylic acids is 1. The number of pyridine rings is 1. The minimum atomic E-state index is -0.269. The number of likely N-dealkylation sites (tertiary alicyclic amines) is 1. The summed E-state index contributed by atoms with van der Waals surface area (Å²) in [6, 6.07) is 12.4. The van der Waals surface area contributed by atoms with E-state index in [1.54, 1.807) is 18.3 Å². The molecule has 25 heavy (non-hydrogen) atoms. The highest BCUT2D eigenvalue weighted by atomic mass is 19.1. The van der Waals surface area contributed by atoms with Crippen LogP contribution in [0.25, 0.3) is 0 Å². The van der Waals surface area contributed by atoms with Crippen molar-refractivity contribution in [1.82, 2.24) is 15.2 Å². The first-order chi connectivity index (χ1) is 12.1. The van der Waals surface area contributed by atoms with Crippen molar-refractivity contribution < 1.29 is 9.18 Å². The molecule has 1 aliphatic rings. The highest BCUT2D eigenvalue weighted by Gasteiger charge is 2.25. The molecule has 6 heteroatoms. The van der Waals surface area contributed by atoms with Crippen LogP contribution in [0.5, 0.6) is 0 Å². The molecule has 1 saturated heterocycles. The van der Waals surface area contributed by atoms with E-state index < -0.39 is 0 Å². The first-order valence-electron chi connectivity index (χ1n) is 8.54. The normalized spacial score (nSPS) is 15.0. The summed E-state index contributed by atoms with van der Waals surface area (Å²) < 4.78 is 12.9. The van der Waals surface area contributed by atoms with Crippen LogP contribution in [0.15, 0.2) is 48.7 Å². The monoisotopic (exact) mass is 342 g/mol. The average Bonchev–Trinajstić information content (AvgIpc) is 2.67. The highest BCUT2D eigenvalue weighted by Crippen LogP contribution is 2.20. The molecule has 2 amide bonds. The van der Waals surface area contributed by atoms with Crippen molar-refractivity contribution in [2.24, 2.45) is 0 Å². The summed E-state index contributed by atoms with van der Waals surface area (Å²) >= 11 is 0. The van der Waals surface area contributed by atoms with Gasteiger partial charge in [0.25, 0.3) is 0 Å². The molecule has 2 heterocycles. The number of hydrogen-bond donors (Lipinski definition) is 1. The second kappa shape index (κ2) is 7.96. The number of carbonyl (C=O) groups is 1.